The number of rotatable bonds is 8. The van der Waals surface area contributed by atoms with Gasteiger partial charge in [-0.15, -0.1) is 0 Å². The zero-order valence-corrected chi connectivity index (χ0v) is 20.9. The van der Waals surface area contributed by atoms with Gasteiger partial charge in [-0.3, -0.25) is 14.8 Å². The van der Waals surface area contributed by atoms with E-state index < -0.39 is 12.0 Å². The second kappa shape index (κ2) is 10.2. The summed E-state index contributed by atoms with van der Waals surface area (Å²) in [5.74, 6) is 0.786. The smallest absolute Gasteiger partial charge is 0.338 e. The molecular weight excluding hydrogens is 470 g/mol. The number of ether oxygens (including phenoxy) is 3. The van der Waals surface area contributed by atoms with Crippen LogP contribution in [-0.2, 0) is 4.74 Å². The maximum absolute atomic E-state index is 13.8. The molecule has 0 saturated heterocycles. The van der Waals surface area contributed by atoms with Crippen LogP contribution < -0.4 is 14.4 Å². The number of amides is 1. The number of para-hydroxylation sites is 1. The van der Waals surface area contributed by atoms with Gasteiger partial charge < -0.3 is 14.2 Å². The number of esters is 1. The maximum Gasteiger partial charge on any atom is 0.338 e. The molecule has 0 fully saturated rings. The van der Waals surface area contributed by atoms with Crippen LogP contribution in [0.1, 0.15) is 51.9 Å². The molecule has 0 saturated carbocycles. The van der Waals surface area contributed by atoms with Gasteiger partial charge in [-0.1, -0.05) is 18.2 Å². The van der Waals surface area contributed by atoms with Gasteiger partial charge in [-0.2, -0.15) is 5.10 Å². The van der Waals surface area contributed by atoms with Crippen molar-refractivity contribution in [2.75, 3.05) is 25.2 Å². The van der Waals surface area contributed by atoms with E-state index in [9.17, 15) is 9.59 Å². The molecule has 0 unspecified atom stereocenters. The predicted octanol–water partition coefficient (Wildman–Crippen LogP) is 5.41. The van der Waals surface area contributed by atoms with Crippen LogP contribution in [0.3, 0.4) is 0 Å². The fourth-order valence-corrected chi connectivity index (χ4v) is 4.67. The number of H-pyrrole nitrogens is 1. The van der Waals surface area contributed by atoms with Crippen LogP contribution in [0.25, 0.3) is 11.3 Å². The van der Waals surface area contributed by atoms with Crippen molar-refractivity contribution in [3.63, 3.8) is 0 Å². The molecule has 8 nitrogen and oxygen atoms in total. The minimum Gasteiger partial charge on any atom is -0.496 e. The molecule has 1 amide bonds. The van der Waals surface area contributed by atoms with Crippen LogP contribution in [0.5, 0.6) is 11.5 Å². The molecule has 8 heteroatoms. The summed E-state index contributed by atoms with van der Waals surface area (Å²) in [4.78, 5) is 27.7. The Balaban J connectivity index is 1.63. The number of nitrogens with zero attached hydrogens (tertiary/aromatic N) is 2. The summed E-state index contributed by atoms with van der Waals surface area (Å²) in [5, 5.41) is 7.51. The molecule has 1 aliphatic rings. The van der Waals surface area contributed by atoms with Crippen molar-refractivity contribution in [2.24, 2.45) is 0 Å². The quantitative estimate of drug-likeness (QED) is 0.327. The molecule has 0 spiro atoms. The Morgan fingerprint density at radius 2 is 1.70 bits per heavy atom. The fourth-order valence-electron chi connectivity index (χ4n) is 4.67. The van der Waals surface area contributed by atoms with Gasteiger partial charge in [0.15, 0.2) is 0 Å². The predicted molar refractivity (Wildman–Crippen MR) is 139 cm³/mol. The van der Waals surface area contributed by atoms with E-state index in [-0.39, 0.29) is 12.5 Å². The number of fused-ring (bicyclic) bond motifs is 1. The van der Waals surface area contributed by atoms with E-state index in [2.05, 4.69) is 10.2 Å². The van der Waals surface area contributed by atoms with Crippen molar-refractivity contribution >= 4 is 17.6 Å². The summed E-state index contributed by atoms with van der Waals surface area (Å²) in [7, 11) is 1.61. The van der Waals surface area contributed by atoms with Crippen molar-refractivity contribution in [3.8, 4) is 22.8 Å². The summed E-state index contributed by atoms with van der Waals surface area (Å²) >= 11 is 0. The third-order valence-corrected chi connectivity index (χ3v) is 6.30. The number of hydrogen-bond donors (Lipinski definition) is 1. The number of nitrogens with one attached hydrogen (secondary N) is 1. The molecule has 2 heterocycles. The molecule has 1 aliphatic heterocycles. The van der Waals surface area contributed by atoms with Crippen LogP contribution >= 0.6 is 0 Å². The number of carbonyl (C=O) groups excluding carboxylic acids is 2. The molecule has 1 atom stereocenters. The lowest BCUT2D eigenvalue weighted by molar-refractivity contribution is 0.0526. The average Bonchev–Trinajstić information content (AvgIpc) is 3.48. The first-order chi connectivity index (χ1) is 18.1. The van der Waals surface area contributed by atoms with Gasteiger partial charge in [0, 0.05) is 22.4 Å². The molecule has 37 heavy (non-hydrogen) atoms. The van der Waals surface area contributed by atoms with Gasteiger partial charge in [-0.25, -0.2) is 4.79 Å². The topological polar surface area (TPSA) is 93.8 Å². The molecule has 188 valence electrons. The highest BCUT2D eigenvalue weighted by Crippen LogP contribution is 2.47. The van der Waals surface area contributed by atoms with Crippen LogP contribution in [-0.4, -0.2) is 42.4 Å². The summed E-state index contributed by atoms with van der Waals surface area (Å²) in [6, 6.07) is 21.6. The summed E-state index contributed by atoms with van der Waals surface area (Å²) in [5.41, 5.74) is 4.57. The molecule has 4 aromatic rings. The van der Waals surface area contributed by atoms with E-state index in [0.717, 1.165) is 22.4 Å². The lowest BCUT2D eigenvalue weighted by atomic mass is 9.95. The third kappa shape index (κ3) is 4.31. The highest BCUT2D eigenvalue weighted by atomic mass is 16.5. The van der Waals surface area contributed by atoms with E-state index in [1.54, 1.807) is 43.2 Å². The first-order valence-corrected chi connectivity index (χ1v) is 12.1. The summed E-state index contributed by atoms with van der Waals surface area (Å²) in [6.45, 7) is 4.56. The van der Waals surface area contributed by atoms with Gasteiger partial charge in [0.05, 0.1) is 37.6 Å². The Hall–Kier alpha value is -4.59. The molecule has 0 radical (unpaired) electrons. The third-order valence-electron chi connectivity index (χ3n) is 6.30. The molecule has 0 aliphatic carbocycles. The minimum atomic E-state index is -0.507. The zero-order chi connectivity index (χ0) is 25.9. The summed E-state index contributed by atoms with van der Waals surface area (Å²) in [6.07, 6.45) is 0. The number of methoxy groups -OCH3 is 1. The molecular formula is C29H27N3O5. The van der Waals surface area contributed by atoms with Gasteiger partial charge in [0.2, 0.25) is 0 Å². The number of aromatic nitrogens is 2. The normalized spacial score (nSPS) is 14.4. The van der Waals surface area contributed by atoms with Crippen LogP contribution in [0.15, 0.2) is 72.8 Å². The summed E-state index contributed by atoms with van der Waals surface area (Å²) < 4.78 is 16.4. The Morgan fingerprint density at radius 1 is 0.973 bits per heavy atom. The zero-order valence-electron chi connectivity index (χ0n) is 20.9. The van der Waals surface area contributed by atoms with Crippen molar-refractivity contribution in [1.82, 2.24) is 10.2 Å². The van der Waals surface area contributed by atoms with Gasteiger partial charge >= 0.3 is 5.97 Å². The van der Waals surface area contributed by atoms with Gasteiger partial charge in [-0.05, 0) is 68.4 Å². The van der Waals surface area contributed by atoms with Crippen molar-refractivity contribution in [3.05, 3.63) is 95.2 Å². The second-order valence-corrected chi connectivity index (χ2v) is 8.41. The Kier molecular flexibility index (Phi) is 6.64. The van der Waals surface area contributed by atoms with Gasteiger partial charge in [0.25, 0.3) is 5.91 Å². The van der Waals surface area contributed by atoms with E-state index in [1.165, 1.54) is 0 Å². The SMILES string of the molecule is CCOC(=O)c1ccc(N2C(=O)c3[nH]nc(-c4ccc(OCC)cc4)c3[C@@H]2c2ccccc2OC)cc1. The van der Waals surface area contributed by atoms with Crippen molar-refractivity contribution in [2.45, 2.75) is 19.9 Å². The maximum atomic E-state index is 13.8. The highest BCUT2D eigenvalue weighted by Gasteiger charge is 2.44. The average molecular weight is 498 g/mol. The van der Waals surface area contributed by atoms with Crippen LogP contribution in [0.4, 0.5) is 5.69 Å². The number of benzene rings is 3. The Morgan fingerprint density at radius 3 is 2.38 bits per heavy atom. The number of aromatic amines is 1. The van der Waals surface area contributed by atoms with E-state index in [4.69, 9.17) is 14.2 Å². The molecule has 3 aromatic carbocycles. The number of anilines is 1. The highest BCUT2D eigenvalue weighted by molar-refractivity contribution is 6.12. The van der Waals surface area contributed by atoms with E-state index in [1.807, 2.05) is 55.5 Å². The molecule has 5 rings (SSSR count). The second-order valence-electron chi connectivity index (χ2n) is 8.41. The Bertz CT molecular complexity index is 1430. The van der Waals surface area contributed by atoms with Gasteiger partial charge in [0.1, 0.15) is 17.2 Å². The molecule has 0 bridgehead atoms. The molecule has 1 N–H and O–H groups in total. The standard InChI is InChI=1S/C29H27N3O5/c1-4-36-21-16-12-18(13-17-21)25-24-26(31-30-25)28(33)32(27(24)22-8-6-7-9-23(22)35-3)20-14-10-19(11-15-20)29(34)37-5-2/h6-17,27H,4-5H2,1-3H3,(H,30,31)/t27-/m0/s1. The monoisotopic (exact) mass is 497 g/mol. The first-order valence-electron chi connectivity index (χ1n) is 12.1. The number of carbonyl (C=O) groups is 2. The van der Waals surface area contributed by atoms with Crippen molar-refractivity contribution < 1.29 is 23.8 Å². The van der Waals surface area contributed by atoms with Crippen LogP contribution in [0, 0.1) is 0 Å². The largest absolute Gasteiger partial charge is 0.496 e. The van der Waals surface area contributed by atoms with E-state index in [0.29, 0.717) is 35.0 Å². The number of hydrogen-bond acceptors (Lipinski definition) is 6. The van der Waals surface area contributed by atoms with Crippen molar-refractivity contribution in [1.29, 1.82) is 0 Å². The van der Waals surface area contributed by atoms with E-state index >= 15 is 0 Å². The van der Waals surface area contributed by atoms with Crippen LogP contribution in [0.2, 0.25) is 0 Å². The first kappa shape index (κ1) is 24.1. The Labute approximate surface area is 214 Å². The minimum absolute atomic E-state index is 0.223. The lowest BCUT2D eigenvalue weighted by Crippen LogP contribution is -2.29. The molecule has 1 aromatic heterocycles. The fraction of sp³-hybridized carbons (Fsp3) is 0.207. The lowest BCUT2D eigenvalue weighted by Gasteiger charge is -2.27.